The van der Waals surface area contributed by atoms with Crippen molar-refractivity contribution in [2.75, 3.05) is 0 Å². The third-order valence-corrected chi connectivity index (χ3v) is 2.46. The molecule has 0 saturated carbocycles. The van der Waals surface area contributed by atoms with Crippen molar-refractivity contribution in [3.8, 4) is 0 Å². The molecule has 0 aliphatic carbocycles. The molecule has 1 aromatic heterocycles. The van der Waals surface area contributed by atoms with Gasteiger partial charge in [0.05, 0.1) is 0 Å². The van der Waals surface area contributed by atoms with E-state index in [1.54, 1.807) is 0 Å². The minimum Gasteiger partial charge on any atom is -0.361 e. The van der Waals surface area contributed by atoms with Crippen LogP contribution in [0.1, 0.15) is 18.4 Å². The van der Waals surface area contributed by atoms with Crippen molar-refractivity contribution < 1.29 is 0 Å². The Morgan fingerprint density at radius 3 is 3.00 bits per heavy atom. The summed E-state index contributed by atoms with van der Waals surface area (Å²) in [5.74, 6) is 0.424. The van der Waals surface area contributed by atoms with Gasteiger partial charge in [0.15, 0.2) is 0 Å². The molecule has 0 radical (unpaired) electrons. The van der Waals surface area contributed by atoms with E-state index in [1.807, 2.05) is 12.3 Å². The van der Waals surface area contributed by atoms with E-state index in [0.29, 0.717) is 5.92 Å². The van der Waals surface area contributed by atoms with Gasteiger partial charge in [-0.15, -0.1) is 6.58 Å². The number of rotatable bonds is 2. The number of aromatic amines is 1. The molecule has 1 aromatic carbocycles. The number of hydrogen-bond acceptors (Lipinski definition) is 0. The van der Waals surface area contributed by atoms with Crippen LogP contribution in [0.15, 0.2) is 43.1 Å². The maximum atomic E-state index is 3.79. The highest BCUT2D eigenvalue weighted by Crippen LogP contribution is 2.20. The summed E-state index contributed by atoms with van der Waals surface area (Å²) in [4.78, 5) is 3.20. The Bertz CT molecular complexity index is 425. The van der Waals surface area contributed by atoms with Crippen LogP contribution >= 0.6 is 0 Å². The van der Waals surface area contributed by atoms with Crippen molar-refractivity contribution in [1.82, 2.24) is 4.98 Å². The molecule has 1 atom stereocenters. The summed E-state index contributed by atoms with van der Waals surface area (Å²) >= 11 is 0. The third kappa shape index (κ3) is 1.37. The predicted octanol–water partition coefficient (Wildman–Crippen LogP) is 3.46. The fraction of sp³-hybridized carbons (Fsp3) is 0.167. The predicted molar refractivity (Wildman–Crippen MR) is 56.9 cm³/mol. The highest BCUT2D eigenvalue weighted by molar-refractivity contribution is 5.80. The summed E-state index contributed by atoms with van der Waals surface area (Å²) < 4.78 is 0. The van der Waals surface area contributed by atoms with Gasteiger partial charge in [-0.1, -0.05) is 25.1 Å². The molecule has 0 fully saturated rings. The second-order valence-electron chi connectivity index (χ2n) is 3.35. The second-order valence-corrected chi connectivity index (χ2v) is 3.35. The number of nitrogens with one attached hydrogen (secondary N) is 1. The van der Waals surface area contributed by atoms with Crippen molar-refractivity contribution in [3.05, 3.63) is 48.7 Å². The van der Waals surface area contributed by atoms with Crippen molar-refractivity contribution >= 4 is 10.9 Å². The van der Waals surface area contributed by atoms with Crippen molar-refractivity contribution in [1.29, 1.82) is 0 Å². The molecule has 0 spiro atoms. The van der Waals surface area contributed by atoms with Gasteiger partial charge in [-0.3, -0.25) is 0 Å². The maximum absolute atomic E-state index is 3.79. The number of benzene rings is 1. The Hall–Kier alpha value is -1.50. The average molecular weight is 171 g/mol. The van der Waals surface area contributed by atoms with Gasteiger partial charge in [0, 0.05) is 11.7 Å². The van der Waals surface area contributed by atoms with Crippen LogP contribution in [0.4, 0.5) is 0 Å². The molecule has 0 amide bonds. The lowest BCUT2D eigenvalue weighted by Gasteiger charge is -2.05. The van der Waals surface area contributed by atoms with Crippen LogP contribution in [0, 0.1) is 0 Å². The smallest absolute Gasteiger partial charge is 0.0456 e. The lowest BCUT2D eigenvalue weighted by atomic mass is 10.0. The first-order valence-corrected chi connectivity index (χ1v) is 4.51. The van der Waals surface area contributed by atoms with Crippen LogP contribution < -0.4 is 0 Å². The zero-order valence-electron chi connectivity index (χ0n) is 7.75. The van der Waals surface area contributed by atoms with Crippen molar-refractivity contribution in [2.24, 2.45) is 0 Å². The van der Waals surface area contributed by atoms with Gasteiger partial charge in [-0.2, -0.15) is 0 Å². The molecule has 2 rings (SSSR count). The van der Waals surface area contributed by atoms with E-state index in [9.17, 15) is 0 Å². The number of hydrogen-bond donors (Lipinski definition) is 1. The number of H-pyrrole nitrogens is 1. The SMILES string of the molecule is C=C[C@H](C)c1ccc2cc[nH]c2c1. The van der Waals surface area contributed by atoms with E-state index in [-0.39, 0.29) is 0 Å². The van der Waals surface area contributed by atoms with E-state index in [4.69, 9.17) is 0 Å². The Labute approximate surface area is 78.1 Å². The Morgan fingerprint density at radius 1 is 1.38 bits per heavy atom. The number of fused-ring (bicyclic) bond motifs is 1. The Kier molecular flexibility index (Phi) is 1.93. The van der Waals surface area contributed by atoms with Crippen molar-refractivity contribution in [3.63, 3.8) is 0 Å². The molecule has 1 heteroatoms. The summed E-state index contributed by atoms with van der Waals surface area (Å²) in [5.41, 5.74) is 2.51. The molecule has 0 aliphatic heterocycles. The standard InChI is InChI=1S/C12H13N/c1-3-9(2)11-5-4-10-6-7-13-12(10)8-11/h3-9,13H,1H2,2H3/t9-/m0/s1. The molecule has 13 heavy (non-hydrogen) atoms. The van der Waals surface area contributed by atoms with Gasteiger partial charge in [0.1, 0.15) is 0 Å². The fourth-order valence-corrected chi connectivity index (χ4v) is 1.48. The zero-order chi connectivity index (χ0) is 9.26. The molecular weight excluding hydrogens is 158 g/mol. The molecule has 0 unspecified atom stereocenters. The van der Waals surface area contributed by atoms with Gasteiger partial charge >= 0.3 is 0 Å². The lowest BCUT2D eigenvalue weighted by Crippen LogP contribution is -1.87. The van der Waals surface area contributed by atoms with E-state index in [1.165, 1.54) is 16.5 Å². The van der Waals surface area contributed by atoms with E-state index in [0.717, 1.165) is 0 Å². The van der Waals surface area contributed by atoms with Crippen LogP contribution in [0.2, 0.25) is 0 Å². The van der Waals surface area contributed by atoms with Crippen LogP contribution in [0.5, 0.6) is 0 Å². The summed E-state index contributed by atoms with van der Waals surface area (Å²) in [6.45, 7) is 5.94. The van der Waals surface area contributed by atoms with E-state index in [2.05, 4.69) is 42.8 Å². The first kappa shape index (κ1) is 8.11. The third-order valence-electron chi connectivity index (χ3n) is 2.46. The summed E-state index contributed by atoms with van der Waals surface area (Å²) in [6.07, 6.45) is 3.93. The van der Waals surface area contributed by atoms with Crippen molar-refractivity contribution in [2.45, 2.75) is 12.8 Å². The van der Waals surface area contributed by atoms with Gasteiger partial charge < -0.3 is 4.98 Å². The molecule has 1 heterocycles. The van der Waals surface area contributed by atoms with E-state index >= 15 is 0 Å². The first-order valence-electron chi connectivity index (χ1n) is 4.51. The highest BCUT2D eigenvalue weighted by Gasteiger charge is 2.01. The lowest BCUT2D eigenvalue weighted by molar-refractivity contribution is 0.974. The quantitative estimate of drug-likeness (QED) is 0.666. The Balaban J connectivity index is 2.53. The summed E-state index contributed by atoms with van der Waals surface area (Å²) in [6, 6.07) is 8.56. The molecule has 0 saturated heterocycles. The molecule has 0 aliphatic rings. The van der Waals surface area contributed by atoms with Gasteiger partial charge in [0.2, 0.25) is 0 Å². The first-order chi connectivity index (χ1) is 6.31. The summed E-state index contributed by atoms with van der Waals surface area (Å²) in [5, 5.41) is 1.26. The fourth-order valence-electron chi connectivity index (χ4n) is 1.48. The van der Waals surface area contributed by atoms with Crippen LogP contribution in [0.3, 0.4) is 0 Å². The Morgan fingerprint density at radius 2 is 2.23 bits per heavy atom. The largest absolute Gasteiger partial charge is 0.361 e. The number of allylic oxidation sites excluding steroid dienone is 1. The normalized spacial score (nSPS) is 13.0. The highest BCUT2D eigenvalue weighted by atomic mass is 14.7. The minimum absolute atomic E-state index is 0.424. The summed E-state index contributed by atoms with van der Waals surface area (Å²) in [7, 11) is 0. The van der Waals surface area contributed by atoms with Crippen LogP contribution in [-0.2, 0) is 0 Å². The second kappa shape index (κ2) is 3.09. The van der Waals surface area contributed by atoms with Gasteiger partial charge in [-0.25, -0.2) is 0 Å². The van der Waals surface area contributed by atoms with Gasteiger partial charge in [-0.05, 0) is 29.0 Å². The van der Waals surface area contributed by atoms with Crippen LogP contribution in [-0.4, -0.2) is 4.98 Å². The number of aromatic nitrogens is 1. The molecule has 1 nitrogen and oxygen atoms in total. The van der Waals surface area contributed by atoms with E-state index < -0.39 is 0 Å². The average Bonchev–Trinajstić information content (AvgIpc) is 2.63. The monoisotopic (exact) mass is 171 g/mol. The topological polar surface area (TPSA) is 15.8 Å². The molecule has 0 bridgehead atoms. The molecule has 66 valence electrons. The maximum Gasteiger partial charge on any atom is 0.0456 e. The van der Waals surface area contributed by atoms with Crippen LogP contribution in [0.25, 0.3) is 10.9 Å². The molecular formula is C12H13N. The molecule has 2 aromatic rings. The zero-order valence-corrected chi connectivity index (χ0v) is 7.75. The minimum atomic E-state index is 0.424. The molecule has 1 N–H and O–H groups in total. The van der Waals surface area contributed by atoms with Gasteiger partial charge in [0.25, 0.3) is 0 Å².